The van der Waals surface area contributed by atoms with Crippen molar-refractivity contribution >= 4 is 38.5 Å². The number of hydrogen-bond acceptors (Lipinski definition) is 5. The number of para-hydroxylation sites is 1. The number of likely N-dealkylation sites (N-methyl/N-ethyl adjacent to an activating group) is 1. The maximum absolute atomic E-state index is 13.7. The highest BCUT2D eigenvalue weighted by atomic mass is 32.1. The van der Waals surface area contributed by atoms with E-state index in [0.717, 1.165) is 27.1 Å². The summed E-state index contributed by atoms with van der Waals surface area (Å²) in [5, 5.41) is 3.55. The van der Waals surface area contributed by atoms with Gasteiger partial charge in [0.1, 0.15) is 5.75 Å². The van der Waals surface area contributed by atoms with Gasteiger partial charge in [0.25, 0.3) is 5.91 Å². The average molecular weight is 444 g/mol. The number of rotatable bonds is 4. The molecule has 6 nitrogen and oxygen atoms in total. The smallest absolute Gasteiger partial charge is 0.254 e. The molecule has 0 saturated carbocycles. The summed E-state index contributed by atoms with van der Waals surface area (Å²) in [6, 6.07) is 22.1. The topological polar surface area (TPSA) is 71.5 Å². The molecule has 2 atom stereocenters. The van der Waals surface area contributed by atoms with E-state index in [2.05, 4.69) is 10.3 Å². The van der Waals surface area contributed by atoms with Crippen LogP contribution in [0.5, 0.6) is 5.75 Å². The maximum atomic E-state index is 13.7. The van der Waals surface area contributed by atoms with E-state index in [1.54, 1.807) is 25.1 Å². The van der Waals surface area contributed by atoms with Gasteiger partial charge in [0, 0.05) is 12.6 Å². The number of carbonyl (C=O) groups excluding carboxylic acids is 2. The second kappa shape index (κ2) is 8.09. The SMILES string of the molecule is COc1ccc([C@H]2[C@H](C(=O)Nc3nc4ccccc4s3)c3ccccc3C(=O)N2C)cc1. The number of anilines is 1. The van der Waals surface area contributed by atoms with E-state index in [1.165, 1.54) is 11.3 Å². The zero-order valence-corrected chi connectivity index (χ0v) is 18.4. The van der Waals surface area contributed by atoms with Gasteiger partial charge in [-0.2, -0.15) is 0 Å². The highest BCUT2D eigenvalue weighted by Gasteiger charge is 2.42. The number of thiazole rings is 1. The van der Waals surface area contributed by atoms with Crippen LogP contribution in [0.15, 0.2) is 72.8 Å². The summed E-state index contributed by atoms with van der Waals surface area (Å²) in [6.07, 6.45) is 0. The van der Waals surface area contributed by atoms with Crippen molar-refractivity contribution in [3.63, 3.8) is 0 Å². The molecule has 2 amide bonds. The summed E-state index contributed by atoms with van der Waals surface area (Å²) in [6.45, 7) is 0. The van der Waals surface area contributed by atoms with E-state index in [4.69, 9.17) is 4.74 Å². The third-order valence-electron chi connectivity index (χ3n) is 5.84. The van der Waals surface area contributed by atoms with Crippen molar-refractivity contribution in [1.29, 1.82) is 0 Å². The maximum Gasteiger partial charge on any atom is 0.254 e. The number of methoxy groups -OCH3 is 1. The first-order valence-electron chi connectivity index (χ1n) is 10.2. The molecule has 0 radical (unpaired) electrons. The number of carbonyl (C=O) groups is 2. The Morgan fingerprint density at radius 3 is 2.50 bits per heavy atom. The lowest BCUT2D eigenvalue weighted by Crippen LogP contribution is -2.44. The zero-order chi connectivity index (χ0) is 22.2. The van der Waals surface area contributed by atoms with Crippen LogP contribution in [0.3, 0.4) is 0 Å². The van der Waals surface area contributed by atoms with E-state index in [0.29, 0.717) is 10.7 Å². The minimum atomic E-state index is -0.589. The van der Waals surface area contributed by atoms with Gasteiger partial charge in [-0.25, -0.2) is 4.98 Å². The van der Waals surface area contributed by atoms with Gasteiger partial charge >= 0.3 is 0 Å². The molecule has 3 aromatic carbocycles. The molecule has 0 fully saturated rings. The molecular formula is C25H21N3O3S. The standard InChI is InChI=1S/C25H21N3O3S/c1-28-22(15-11-13-16(31-2)14-12-15)21(17-7-3-4-8-18(17)24(28)30)23(29)27-25-26-19-9-5-6-10-20(19)32-25/h3-14,21-22H,1-2H3,(H,26,27,29)/t21-,22+/m1/s1. The molecule has 160 valence electrons. The van der Waals surface area contributed by atoms with Crippen LogP contribution in [-0.2, 0) is 4.79 Å². The molecule has 0 unspecified atom stereocenters. The second-order valence-corrected chi connectivity index (χ2v) is 8.71. The van der Waals surface area contributed by atoms with E-state index in [-0.39, 0.29) is 11.8 Å². The van der Waals surface area contributed by atoms with Crippen molar-refractivity contribution < 1.29 is 14.3 Å². The normalized spacial score (nSPS) is 17.8. The summed E-state index contributed by atoms with van der Waals surface area (Å²) < 4.78 is 6.28. The van der Waals surface area contributed by atoms with Gasteiger partial charge < -0.3 is 15.0 Å². The average Bonchev–Trinajstić information content (AvgIpc) is 3.23. The highest BCUT2D eigenvalue weighted by Crippen LogP contribution is 2.43. The second-order valence-electron chi connectivity index (χ2n) is 7.67. The van der Waals surface area contributed by atoms with E-state index >= 15 is 0 Å². The van der Waals surface area contributed by atoms with Crippen molar-refractivity contribution in [2.75, 3.05) is 19.5 Å². The molecule has 1 N–H and O–H groups in total. The summed E-state index contributed by atoms with van der Waals surface area (Å²) in [7, 11) is 3.35. The highest BCUT2D eigenvalue weighted by molar-refractivity contribution is 7.22. The minimum Gasteiger partial charge on any atom is -0.497 e. The number of ether oxygens (including phenoxy) is 1. The number of fused-ring (bicyclic) bond motifs is 2. The van der Waals surface area contributed by atoms with Crippen molar-refractivity contribution in [3.8, 4) is 5.75 Å². The van der Waals surface area contributed by atoms with Crippen LogP contribution in [0.4, 0.5) is 5.13 Å². The van der Waals surface area contributed by atoms with Gasteiger partial charge in [-0.15, -0.1) is 0 Å². The zero-order valence-electron chi connectivity index (χ0n) is 17.6. The first-order valence-corrected chi connectivity index (χ1v) is 11.0. The fraction of sp³-hybridized carbons (Fsp3) is 0.160. The molecule has 2 heterocycles. The summed E-state index contributed by atoms with van der Waals surface area (Å²) in [5.41, 5.74) is 2.97. The van der Waals surface area contributed by atoms with Gasteiger partial charge in [-0.1, -0.05) is 53.8 Å². The fourth-order valence-corrected chi connectivity index (χ4v) is 5.15. The van der Waals surface area contributed by atoms with Crippen LogP contribution in [0, 0.1) is 0 Å². The first kappa shape index (κ1) is 20.2. The van der Waals surface area contributed by atoms with Gasteiger partial charge in [-0.3, -0.25) is 9.59 Å². The molecule has 0 spiro atoms. The third kappa shape index (κ3) is 3.40. The van der Waals surface area contributed by atoms with Crippen LogP contribution in [-0.4, -0.2) is 35.9 Å². The van der Waals surface area contributed by atoms with Gasteiger partial charge in [-0.05, 0) is 41.5 Å². The quantitative estimate of drug-likeness (QED) is 0.489. The molecular weight excluding hydrogens is 422 g/mol. The molecule has 1 aromatic heterocycles. The Hall–Kier alpha value is -3.71. The lowest BCUT2D eigenvalue weighted by atomic mass is 9.79. The van der Waals surface area contributed by atoms with Gasteiger partial charge in [0.05, 0.1) is 29.3 Å². The Labute approximate surface area is 189 Å². The molecule has 32 heavy (non-hydrogen) atoms. The lowest BCUT2D eigenvalue weighted by Gasteiger charge is -2.39. The Kier molecular flexibility index (Phi) is 5.11. The number of hydrogen-bond donors (Lipinski definition) is 1. The summed E-state index contributed by atoms with van der Waals surface area (Å²) >= 11 is 1.43. The van der Waals surface area contributed by atoms with Crippen LogP contribution >= 0.6 is 11.3 Å². The van der Waals surface area contributed by atoms with Crippen LogP contribution in [0.1, 0.15) is 33.4 Å². The molecule has 0 aliphatic carbocycles. The number of nitrogens with one attached hydrogen (secondary N) is 1. The molecule has 0 saturated heterocycles. The van der Waals surface area contributed by atoms with Crippen LogP contribution < -0.4 is 10.1 Å². The fourth-order valence-electron chi connectivity index (χ4n) is 4.28. The minimum absolute atomic E-state index is 0.106. The van der Waals surface area contributed by atoms with Gasteiger partial charge in [0.2, 0.25) is 5.91 Å². The van der Waals surface area contributed by atoms with Crippen molar-refractivity contribution in [3.05, 3.63) is 89.5 Å². The van der Waals surface area contributed by atoms with E-state index < -0.39 is 12.0 Å². The number of benzene rings is 3. The molecule has 5 rings (SSSR count). The van der Waals surface area contributed by atoms with Crippen molar-refractivity contribution in [2.45, 2.75) is 12.0 Å². The summed E-state index contributed by atoms with van der Waals surface area (Å²) in [5.74, 6) is -0.175. The van der Waals surface area contributed by atoms with E-state index in [1.807, 2.05) is 66.7 Å². The molecule has 4 aromatic rings. The van der Waals surface area contributed by atoms with Crippen LogP contribution in [0.25, 0.3) is 10.2 Å². The van der Waals surface area contributed by atoms with Crippen LogP contribution in [0.2, 0.25) is 0 Å². The molecule has 1 aliphatic heterocycles. The van der Waals surface area contributed by atoms with E-state index in [9.17, 15) is 9.59 Å². The lowest BCUT2D eigenvalue weighted by molar-refractivity contribution is -0.119. The first-order chi connectivity index (χ1) is 15.6. The summed E-state index contributed by atoms with van der Waals surface area (Å²) in [4.78, 5) is 33.0. The monoisotopic (exact) mass is 443 g/mol. The predicted octanol–water partition coefficient (Wildman–Crippen LogP) is 4.85. The molecule has 1 aliphatic rings. The Morgan fingerprint density at radius 2 is 1.75 bits per heavy atom. The Balaban J connectivity index is 1.57. The Bertz CT molecular complexity index is 1280. The Morgan fingerprint density at radius 1 is 1.03 bits per heavy atom. The number of nitrogens with zero attached hydrogens (tertiary/aromatic N) is 2. The molecule has 7 heteroatoms. The number of amides is 2. The largest absolute Gasteiger partial charge is 0.497 e. The molecule has 0 bridgehead atoms. The number of aromatic nitrogens is 1. The van der Waals surface area contributed by atoms with Crippen molar-refractivity contribution in [2.24, 2.45) is 0 Å². The van der Waals surface area contributed by atoms with Crippen molar-refractivity contribution in [1.82, 2.24) is 9.88 Å². The van der Waals surface area contributed by atoms with Gasteiger partial charge in [0.15, 0.2) is 5.13 Å². The predicted molar refractivity (Wildman–Crippen MR) is 125 cm³/mol. The third-order valence-corrected chi connectivity index (χ3v) is 6.80.